The minimum Gasteiger partial charge on any atom is -0.507 e. The van der Waals surface area contributed by atoms with Crippen molar-refractivity contribution in [2.75, 3.05) is 25.2 Å². The van der Waals surface area contributed by atoms with Gasteiger partial charge in [0, 0.05) is 11.3 Å². The average Bonchev–Trinajstić information content (AvgIpc) is 3.20. The largest absolute Gasteiger partial charge is 0.507 e. The lowest BCUT2D eigenvalue weighted by molar-refractivity contribution is -0.132. The van der Waals surface area contributed by atoms with Crippen molar-refractivity contribution >= 4 is 23.1 Å². The molecule has 1 N–H and O–H groups in total. The van der Waals surface area contributed by atoms with Crippen molar-refractivity contribution in [1.82, 2.24) is 0 Å². The zero-order chi connectivity index (χ0) is 28.1. The summed E-state index contributed by atoms with van der Waals surface area (Å²) >= 11 is 0. The fourth-order valence-corrected chi connectivity index (χ4v) is 4.29. The summed E-state index contributed by atoms with van der Waals surface area (Å²) in [6.07, 6.45) is 0. The number of benzene rings is 3. The molecule has 1 saturated heterocycles. The van der Waals surface area contributed by atoms with Crippen molar-refractivity contribution < 1.29 is 28.9 Å². The van der Waals surface area contributed by atoms with Crippen molar-refractivity contribution in [3.8, 4) is 17.2 Å². The number of hydrogen-bond donors (Lipinski definition) is 1. The summed E-state index contributed by atoms with van der Waals surface area (Å²) in [4.78, 5) is 28.3. The second-order valence-corrected chi connectivity index (χ2v) is 10.4. The second-order valence-electron chi connectivity index (χ2n) is 10.4. The Bertz CT molecular complexity index is 1320. The molecule has 4 rings (SSSR count). The van der Waals surface area contributed by atoms with Crippen LogP contribution >= 0.6 is 0 Å². The molecule has 0 saturated carbocycles. The Morgan fingerprint density at radius 3 is 1.74 bits per heavy atom. The third-order valence-electron chi connectivity index (χ3n) is 6.29. The van der Waals surface area contributed by atoms with Gasteiger partial charge in [-0.1, -0.05) is 39.8 Å². The zero-order valence-electron chi connectivity index (χ0n) is 23.0. The van der Waals surface area contributed by atoms with Crippen LogP contribution in [0.2, 0.25) is 0 Å². The summed E-state index contributed by atoms with van der Waals surface area (Å²) in [5, 5.41) is 11.4. The summed E-state index contributed by atoms with van der Waals surface area (Å²) in [6, 6.07) is 20.2. The lowest BCUT2D eigenvalue weighted by atomic mass is 9.95. The van der Waals surface area contributed by atoms with Crippen LogP contribution in [0.25, 0.3) is 5.76 Å². The summed E-state index contributed by atoms with van der Waals surface area (Å²) in [5.74, 6) is 0.988. The molecule has 3 aromatic carbocycles. The molecule has 1 amide bonds. The minimum absolute atomic E-state index is 0.0150. The zero-order valence-corrected chi connectivity index (χ0v) is 23.0. The number of hydrogen-bond acceptors (Lipinski definition) is 6. The smallest absolute Gasteiger partial charge is 0.300 e. The first-order valence-electron chi connectivity index (χ1n) is 13.1. The van der Waals surface area contributed by atoms with Crippen LogP contribution in [0.5, 0.6) is 17.2 Å². The highest BCUT2D eigenvalue weighted by Gasteiger charge is 2.47. The first kappa shape index (κ1) is 27.8. The number of methoxy groups -OCH3 is 1. The van der Waals surface area contributed by atoms with Crippen molar-refractivity contribution in [1.29, 1.82) is 0 Å². The number of anilines is 1. The maximum atomic E-state index is 13.4. The molecule has 204 valence electrons. The molecule has 0 radical (unpaired) electrons. The topological polar surface area (TPSA) is 85.3 Å². The SMILES string of the molecule is COc1ccc(C2/C(=C(\O)c3ccc(OCC(C)C)cc3)C(=O)C(=O)N2c2ccc(OCC(C)C)cc2)cc1. The number of aliphatic hydroxyl groups excluding tert-OH is 1. The predicted octanol–water partition coefficient (Wildman–Crippen LogP) is 6.39. The molecule has 0 spiro atoms. The van der Waals surface area contributed by atoms with Crippen LogP contribution in [-0.4, -0.2) is 37.1 Å². The Labute approximate surface area is 229 Å². The molecule has 1 atom stereocenters. The lowest BCUT2D eigenvalue weighted by Crippen LogP contribution is -2.29. The molecule has 1 fully saturated rings. The van der Waals surface area contributed by atoms with Crippen molar-refractivity contribution in [2.24, 2.45) is 11.8 Å². The van der Waals surface area contributed by atoms with E-state index >= 15 is 0 Å². The molecule has 1 heterocycles. The molecule has 7 nitrogen and oxygen atoms in total. The molecule has 1 aliphatic heterocycles. The van der Waals surface area contributed by atoms with Gasteiger partial charge in [0.1, 0.15) is 23.0 Å². The summed E-state index contributed by atoms with van der Waals surface area (Å²) in [7, 11) is 1.57. The van der Waals surface area contributed by atoms with Gasteiger partial charge >= 0.3 is 0 Å². The van der Waals surface area contributed by atoms with Crippen LogP contribution in [0.15, 0.2) is 78.4 Å². The van der Waals surface area contributed by atoms with Crippen LogP contribution in [0, 0.1) is 11.8 Å². The number of carbonyl (C=O) groups is 2. The molecule has 0 bridgehead atoms. The fourth-order valence-electron chi connectivity index (χ4n) is 4.29. The average molecular weight is 530 g/mol. The second kappa shape index (κ2) is 12.1. The molecule has 1 unspecified atom stereocenters. The highest BCUT2D eigenvalue weighted by atomic mass is 16.5. The van der Waals surface area contributed by atoms with Gasteiger partial charge in [0.25, 0.3) is 11.7 Å². The molecule has 3 aromatic rings. The quantitative estimate of drug-likeness (QED) is 0.186. The fraction of sp³-hybridized carbons (Fsp3) is 0.312. The van der Waals surface area contributed by atoms with Gasteiger partial charge in [0.2, 0.25) is 0 Å². The minimum atomic E-state index is -0.838. The van der Waals surface area contributed by atoms with Crippen molar-refractivity contribution in [2.45, 2.75) is 33.7 Å². The molecule has 7 heteroatoms. The Morgan fingerprint density at radius 2 is 1.26 bits per heavy atom. The Hall–Kier alpha value is -4.26. The van der Waals surface area contributed by atoms with E-state index < -0.39 is 17.7 Å². The van der Waals surface area contributed by atoms with E-state index in [-0.39, 0.29) is 11.3 Å². The number of ketones is 1. The molecule has 1 aliphatic rings. The molecule has 39 heavy (non-hydrogen) atoms. The van der Waals surface area contributed by atoms with Crippen LogP contribution in [-0.2, 0) is 9.59 Å². The highest BCUT2D eigenvalue weighted by molar-refractivity contribution is 6.51. The van der Waals surface area contributed by atoms with Gasteiger partial charge < -0.3 is 19.3 Å². The van der Waals surface area contributed by atoms with Gasteiger partial charge in [-0.2, -0.15) is 0 Å². The van der Waals surface area contributed by atoms with Gasteiger partial charge in [0.15, 0.2) is 0 Å². The first-order valence-corrected chi connectivity index (χ1v) is 13.1. The van der Waals surface area contributed by atoms with Gasteiger partial charge in [-0.05, 0) is 78.1 Å². The van der Waals surface area contributed by atoms with Crippen LogP contribution in [0.1, 0.15) is 44.9 Å². The summed E-state index contributed by atoms with van der Waals surface area (Å²) in [6.45, 7) is 9.38. The van der Waals surface area contributed by atoms with Crippen molar-refractivity contribution in [3.63, 3.8) is 0 Å². The number of nitrogens with zero attached hydrogens (tertiary/aromatic N) is 1. The number of Topliss-reactive ketones (excluding diaryl/α,β-unsaturated/α-hetero) is 1. The standard InChI is InChI=1S/C32H35NO6/c1-20(2)18-38-26-14-8-23(9-15-26)30(34)28-29(22-6-12-25(37-5)13-7-22)33(32(36)31(28)35)24-10-16-27(17-11-24)39-19-21(3)4/h6-17,20-21,29,34H,18-19H2,1-5H3/b30-28+. The third-order valence-corrected chi connectivity index (χ3v) is 6.29. The summed E-state index contributed by atoms with van der Waals surface area (Å²) in [5.41, 5.74) is 1.61. The normalized spacial score (nSPS) is 16.7. The lowest BCUT2D eigenvalue weighted by Gasteiger charge is -2.26. The van der Waals surface area contributed by atoms with Gasteiger partial charge in [-0.3, -0.25) is 14.5 Å². The van der Waals surface area contributed by atoms with Gasteiger partial charge in [0.05, 0.1) is 31.9 Å². The molecule has 0 aliphatic carbocycles. The van der Waals surface area contributed by atoms with Crippen LogP contribution < -0.4 is 19.1 Å². The van der Waals surface area contributed by atoms with Crippen molar-refractivity contribution in [3.05, 3.63) is 89.5 Å². The van der Waals surface area contributed by atoms with Crippen LogP contribution in [0.3, 0.4) is 0 Å². The summed E-state index contributed by atoms with van der Waals surface area (Å²) < 4.78 is 16.8. The van der Waals surface area contributed by atoms with Gasteiger partial charge in [-0.15, -0.1) is 0 Å². The number of ether oxygens (including phenoxy) is 3. The van der Waals surface area contributed by atoms with E-state index in [0.29, 0.717) is 59.1 Å². The maximum Gasteiger partial charge on any atom is 0.300 e. The van der Waals surface area contributed by atoms with E-state index in [0.717, 1.165) is 0 Å². The Balaban J connectivity index is 1.75. The third kappa shape index (κ3) is 6.25. The number of rotatable bonds is 10. The van der Waals surface area contributed by atoms with E-state index in [9.17, 15) is 14.7 Å². The number of aliphatic hydroxyl groups is 1. The Morgan fingerprint density at radius 1 is 0.769 bits per heavy atom. The monoisotopic (exact) mass is 529 g/mol. The van der Waals surface area contributed by atoms with E-state index in [4.69, 9.17) is 14.2 Å². The predicted molar refractivity (Wildman–Crippen MR) is 151 cm³/mol. The van der Waals surface area contributed by atoms with E-state index in [1.54, 1.807) is 79.9 Å². The maximum absolute atomic E-state index is 13.4. The Kier molecular flexibility index (Phi) is 8.59. The van der Waals surface area contributed by atoms with E-state index in [2.05, 4.69) is 27.7 Å². The molecular weight excluding hydrogens is 494 g/mol. The van der Waals surface area contributed by atoms with E-state index in [1.807, 2.05) is 0 Å². The molecular formula is C32H35NO6. The highest BCUT2D eigenvalue weighted by Crippen LogP contribution is 2.43. The van der Waals surface area contributed by atoms with Gasteiger partial charge in [-0.25, -0.2) is 0 Å². The van der Waals surface area contributed by atoms with E-state index in [1.165, 1.54) is 4.90 Å². The van der Waals surface area contributed by atoms with Crippen LogP contribution in [0.4, 0.5) is 5.69 Å². The number of carbonyl (C=O) groups excluding carboxylic acids is 2. The number of amides is 1. The molecule has 0 aromatic heterocycles. The first-order chi connectivity index (χ1) is 18.7.